The van der Waals surface area contributed by atoms with Crippen LogP contribution in [0.5, 0.6) is 0 Å². The number of carboxylic acid groups (broad SMARTS) is 2. The molecule has 2 aromatic rings. The van der Waals surface area contributed by atoms with Gasteiger partial charge in [0.1, 0.15) is 0 Å². The van der Waals surface area contributed by atoms with E-state index in [0.717, 1.165) is 32.5 Å². The van der Waals surface area contributed by atoms with E-state index < -0.39 is 24.3 Å². The number of aliphatic carboxylic acids is 2. The molecule has 0 amide bonds. The summed E-state index contributed by atoms with van der Waals surface area (Å²) in [6.45, 7) is 5.73. The maximum absolute atomic E-state index is 10.6. The van der Waals surface area contributed by atoms with Crippen molar-refractivity contribution in [2.75, 3.05) is 13.2 Å². The Balaban J connectivity index is 0.000000301. The van der Waals surface area contributed by atoms with E-state index in [1.807, 2.05) is 35.9 Å². The summed E-state index contributed by atoms with van der Waals surface area (Å²) in [6.07, 6.45) is -3.87. The molecule has 2 aromatic heterocycles. The number of thiophene rings is 1. The third kappa shape index (κ3) is 9.85. The average molecular weight is 573 g/mol. The van der Waals surface area contributed by atoms with Crippen molar-refractivity contribution >= 4 is 23.3 Å². The maximum atomic E-state index is 10.6. The number of aryl methyl sites for hydroxylation is 1. The molecule has 0 bridgehead atoms. The van der Waals surface area contributed by atoms with Crippen LogP contribution in [0, 0.1) is 6.92 Å². The monoisotopic (exact) mass is 572 g/mol. The number of carbonyl (C=O) groups is 2. The van der Waals surface area contributed by atoms with E-state index in [2.05, 4.69) is 28.3 Å². The first-order valence-electron chi connectivity index (χ1n) is 11.2. The van der Waals surface area contributed by atoms with Gasteiger partial charge in [0.2, 0.25) is 0 Å². The summed E-state index contributed by atoms with van der Waals surface area (Å²) in [6, 6.07) is 6.73. The zero-order valence-electron chi connectivity index (χ0n) is 20.0. The molecule has 0 aromatic carbocycles. The fraction of sp³-hybridized carbons (Fsp3) is 0.522. The van der Waals surface area contributed by atoms with Crippen molar-refractivity contribution in [3.63, 3.8) is 0 Å². The number of hydrogen-bond acceptors (Lipinski definition) is 7. The van der Waals surface area contributed by atoms with Crippen LogP contribution in [0.1, 0.15) is 28.8 Å². The van der Waals surface area contributed by atoms with E-state index >= 15 is 0 Å². The number of halogens is 6. The number of hydrogen-bond donors (Lipinski definition) is 2. The lowest BCUT2D eigenvalue weighted by atomic mass is 10.1. The lowest BCUT2D eigenvalue weighted by Gasteiger charge is -2.39. The van der Waals surface area contributed by atoms with Crippen molar-refractivity contribution < 1.29 is 55.6 Å². The fourth-order valence-electron chi connectivity index (χ4n) is 3.80. The number of alkyl halides is 6. The minimum atomic E-state index is -5.08. The average Bonchev–Trinajstić information content (AvgIpc) is 3.44. The first kappa shape index (κ1) is 31.5. The van der Waals surface area contributed by atoms with E-state index in [1.165, 1.54) is 16.0 Å². The molecular formula is C23H26F6N2O6S. The van der Waals surface area contributed by atoms with Crippen LogP contribution in [0.25, 0.3) is 0 Å². The van der Waals surface area contributed by atoms with Crippen LogP contribution in [0.15, 0.2) is 36.0 Å². The normalized spacial score (nSPS) is 21.4. The van der Waals surface area contributed by atoms with Crippen molar-refractivity contribution in [2.45, 2.75) is 63.5 Å². The Morgan fingerprint density at radius 3 is 2.16 bits per heavy atom. The molecule has 2 N–H and O–H groups in total. The number of carboxylic acids is 2. The number of morpholine rings is 1. The molecule has 3 atom stereocenters. The lowest BCUT2D eigenvalue weighted by Crippen LogP contribution is -2.51. The highest BCUT2D eigenvalue weighted by molar-refractivity contribution is 7.10. The highest BCUT2D eigenvalue weighted by atomic mass is 32.1. The molecule has 4 rings (SSSR count). The third-order valence-corrected chi connectivity index (χ3v) is 6.67. The molecular weight excluding hydrogens is 546 g/mol. The SMILES string of the molecule is Cc1ccsc1CN1CCO[C@H]2[C@@H](OCc3ccncc3)CC[C@@H]21.O=C(O)C(F)(F)F.O=C(O)C(F)(F)F. The zero-order valence-corrected chi connectivity index (χ0v) is 20.9. The zero-order chi connectivity index (χ0) is 28.5. The number of nitrogens with zero attached hydrogens (tertiary/aromatic N) is 2. The molecule has 2 fully saturated rings. The molecule has 0 spiro atoms. The topological polar surface area (TPSA) is 109 Å². The Morgan fingerprint density at radius 1 is 1.08 bits per heavy atom. The Kier molecular flexibility index (Phi) is 11.5. The Bertz CT molecular complexity index is 1010. The smallest absolute Gasteiger partial charge is 0.475 e. The van der Waals surface area contributed by atoms with Crippen molar-refractivity contribution in [1.29, 1.82) is 0 Å². The van der Waals surface area contributed by atoms with Gasteiger partial charge in [-0.15, -0.1) is 11.3 Å². The third-order valence-electron chi connectivity index (χ3n) is 5.66. The van der Waals surface area contributed by atoms with Gasteiger partial charge in [0.25, 0.3) is 0 Å². The van der Waals surface area contributed by atoms with Crippen LogP contribution in [0.3, 0.4) is 0 Å². The van der Waals surface area contributed by atoms with Crippen molar-refractivity contribution in [1.82, 2.24) is 9.88 Å². The number of aromatic nitrogens is 1. The van der Waals surface area contributed by atoms with Gasteiger partial charge in [-0.25, -0.2) is 9.59 Å². The van der Waals surface area contributed by atoms with Crippen LogP contribution < -0.4 is 0 Å². The predicted octanol–water partition coefficient (Wildman–Crippen LogP) is 4.67. The second kappa shape index (κ2) is 13.9. The van der Waals surface area contributed by atoms with Crippen LogP contribution in [0.2, 0.25) is 0 Å². The molecule has 1 saturated heterocycles. The molecule has 38 heavy (non-hydrogen) atoms. The quantitative estimate of drug-likeness (QED) is 0.498. The van der Waals surface area contributed by atoms with Crippen molar-refractivity contribution in [2.24, 2.45) is 0 Å². The summed E-state index contributed by atoms with van der Waals surface area (Å²) in [4.78, 5) is 25.9. The summed E-state index contributed by atoms with van der Waals surface area (Å²) in [5.41, 5.74) is 2.59. The fourth-order valence-corrected chi connectivity index (χ4v) is 4.73. The molecule has 3 heterocycles. The van der Waals surface area contributed by atoms with Crippen LogP contribution >= 0.6 is 11.3 Å². The van der Waals surface area contributed by atoms with Gasteiger partial charge in [0, 0.05) is 36.4 Å². The Hall–Kier alpha value is -2.75. The van der Waals surface area contributed by atoms with E-state index in [1.54, 1.807) is 0 Å². The minimum Gasteiger partial charge on any atom is -0.475 e. The summed E-state index contributed by atoms with van der Waals surface area (Å²) in [5.74, 6) is -5.51. The van der Waals surface area contributed by atoms with Gasteiger partial charge in [0.15, 0.2) is 0 Å². The molecule has 2 aliphatic rings. The predicted molar refractivity (Wildman–Crippen MR) is 122 cm³/mol. The Morgan fingerprint density at radius 2 is 1.66 bits per heavy atom. The summed E-state index contributed by atoms with van der Waals surface area (Å²) >= 11 is 1.87. The van der Waals surface area contributed by atoms with Crippen molar-refractivity contribution in [3.8, 4) is 0 Å². The lowest BCUT2D eigenvalue weighted by molar-refractivity contribution is -0.193. The molecule has 1 saturated carbocycles. The minimum absolute atomic E-state index is 0.204. The second-order valence-electron chi connectivity index (χ2n) is 8.29. The number of rotatable bonds is 5. The van der Waals surface area contributed by atoms with Gasteiger partial charge in [-0.05, 0) is 54.5 Å². The molecule has 1 aliphatic heterocycles. The summed E-state index contributed by atoms with van der Waals surface area (Å²) < 4.78 is 75.8. The highest BCUT2D eigenvalue weighted by Gasteiger charge is 2.43. The highest BCUT2D eigenvalue weighted by Crippen LogP contribution is 2.34. The first-order valence-corrected chi connectivity index (χ1v) is 12.1. The molecule has 212 valence electrons. The van der Waals surface area contributed by atoms with Gasteiger partial charge in [-0.1, -0.05) is 0 Å². The molecule has 1 aliphatic carbocycles. The molecule has 15 heteroatoms. The van der Waals surface area contributed by atoms with Gasteiger partial charge in [-0.2, -0.15) is 26.3 Å². The largest absolute Gasteiger partial charge is 0.490 e. The molecule has 0 unspecified atom stereocenters. The van der Waals surface area contributed by atoms with Gasteiger partial charge < -0.3 is 19.7 Å². The van der Waals surface area contributed by atoms with Gasteiger partial charge in [0.05, 0.1) is 25.4 Å². The van der Waals surface area contributed by atoms with Crippen molar-refractivity contribution in [3.05, 3.63) is 52.0 Å². The first-order chi connectivity index (χ1) is 17.7. The number of pyridine rings is 1. The summed E-state index contributed by atoms with van der Waals surface area (Å²) in [5, 5.41) is 16.4. The van der Waals surface area contributed by atoms with E-state index in [-0.39, 0.29) is 12.2 Å². The van der Waals surface area contributed by atoms with E-state index in [0.29, 0.717) is 12.6 Å². The van der Waals surface area contributed by atoms with Gasteiger partial charge >= 0.3 is 24.3 Å². The van der Waals surface area contributed by atoms with Crippen LogP contribution in [-0.2, 0) is 32.2 Å². The van der Waals surface area contributed by atoms with E-state index in [4.69, 9.17) is 29.3 Å². The molecule has 0 radical (unpaired) electrons. The van der Waals surface area contributed by atoms with Gasteiger partial charge in [-0.3, -0.25) is 9.88 Å². The standard InChI is InChI=1S/C19H24N2O2S.2C2HF3O2/c1-14-6-11-24-18(14)12-21-9-10-22-19-16(21)2-3-17(19)23-13-15-4-7-20-8-5-15;2*3-2(4,5)1(6)7/h4-8,11,16-17,19H,2-3,9-10,12-13H2,1H3;2*(H,6,7)/t16-,17-,19+;;/m0../s1. The van der Waals surface area contributed by atoms with E-state index in [9.17, 15) is 26.3 Å². The molecule has 8 nitrogen and oxygen atoms in total. The second-order valence-corrected chi connectivity index (χ2v) is 9.29. The summed E-state index contributed by atoms with van der Waals surface area (Å²) in [7, 11) is 0. The number of ether oxygens (including phenoxy) is 2. The van der Waals surface area contributed by atoms with Crippen LogP contribution in [-0.4, -0.2) is 75.8 Å². The number of fused-ring (bicyclic) bond motifs is 1. The maximum Gasteiger partial charge on any atom is 0.490 e. The van der Waals surface area contributed by atoms with Crippen LogP contribution in [0.4, 0.5) is 26.3 Å². The Labute approximate surface area is 217 Å².